The van der Waals surface area contributed by atoms with E-state index in [-0.39, 0.29) is 0 Å². The zero-order valence-corrected chi connectivity index (χ0v) is 14.1. The zero-order chi connectivity index (χ0) is 15.1. The van der Waals surface area contributed by atoms with Gasteiger partial charge < -0.3 is 15.5 Å². The van der Waals surface area contributed by atoms with Crippen molar-refractivity contribution in [3.05, 3.63) is 29.8 Å². The fourth-order valence-corrected chi connectivity index (χ4v) is 3.05. The molecular weight excluding hydrogens is 278 g/mol. The third-order valence-electron chi connectivity index (χ3n) is 4.37. The summed E-state index contributed by atoms with van der Waals surface area (Å²) in [5.74, 6) is 0.928. The zero-order valence-electron chi connectivity index (χ0n) is 13.2. The maximum atomic E-state index is 5.35. The van der Waals surface area contributed by atoms with Gasteiger partial charge in [-0.1, -0.05) is 25.1 Å². The molecule has 1 aliphatic heterocycles. The molecule has 0 bridgehead atoms. The van der Waals surface area contributed by atoms with Crippen molar-refractivity contribution < 1.29 is 4.90 Å². The van der Waals surface area contributed by atoms with E-state index in [1.807, 2.05) is 12.1 Å². The van der Waals surface area contributed by atoms with Crippen LogP contribution in [0.5, 0.6) is 0 Å². The van der Waals surface area contributed by atoms with E-state index in [0.717, 1.165) is 23.3 Å². The number of quaternary nitrogens is 1. The monoisotopic (exact) mass is 306 g/mol. The number of benzene rings is 1. The lowest BCUT2D eigenvalue weighted by Crippen LogP contribution is -3.13. The van der Waals surface area contributed by atoms with Crippen LogP contribution >= 0.6 is 12.2 Å². The Morgan fingerprint density at radius 1 is 1.29 bits per heavy atom. The Morgan fingerprint density at radius 3 is 2.71 bits per heavy atom. The first-order valence-corrected chi connectivity index (χ1v) is 8.50. The Morgan fingerprint density at radius 2 is 2.00 bits per heavy atom. The second-order valence-corrected chi connectivity index (χ2v) is 6.64. The van der Waals surface area contributed by atoms with Crippen molar-refractivity contribution in [2.24, 2.45) is 5.92 Å². The molecule has 1 aliphatic rings. The Bertz CT molecular complexity index is 453. The molecule has 1 aromatic rings. The van der Waals surface area contributed by atoms with Gasteiger partial charge >= 0.3 is 0 Å². The number of aryl methyl sites for hydroxylation is 1. The summed E-state index contributed by atoms with van der Waals surface area (Å²) in [5.41, 5.74) is 2.30. The molecule has 0 spiro atoms. The molecule has 3 nitrogen and oxygen atoms in total. The van der Waals surface area contributed by atoms with Gasteiger partial charge in [0, 0.05) is 18.7 Å². The number of nitrogens with one attached hydrogen (secondary N) is 3. The average Bonchev–Trinajstić information content (AvgIpc) is 2.48. The minimum Gasteiger partial charge on any atom is -0.362 e. The van der Waals surface area contributed by atoms with Gasteiger partial charge in [-0.05, 0) is 49.5 Å². The van der Waals surface area contributed by atoms with Gasteiger partial charge in [0.2, 0.25) is 0 Å². The third-order valence-corrected chi connectivity index (χ3v) is 4.61. The first-order chi connectivity index (χ1) is 10.1. The lowest BCUT2D eigenvalue weighted by Gasteiger charge is -2.27. The molecule has 0 aromatic heterocycles. The van der Waals surface area contributed by atoms with E-state index in [1.54, 1.807) is 4.90 Å². The largest absolute Gasteiger partial charge is 0.362 e. The molecule has 0 unspecified atom stereocenters. The van der Waals surface area contributed by atoms with Gasteiger partial charge in [-0.3, -0.25) is 0 Å². The van der Waals surface area contributed by atoms with Gasteiger partial charge in [-0.15, -0.1) is 0 Å². The molecular formula is C17H28N3S+. The second kappa shape index (κ2) is 8.35. The van der Waals surface area contributed by atoms with Crippen LogP contribution < -0.4 is 15.5 Å². The highest BCUT2D eigenvalue weighted by molar-refractivity contribution is 7.80. The fourth-order valence-electron chi connectivity index (χ4n) is 2.84. The van der Waals surface area contributed by atoms with Crippen molar-refractivity contribution in [2.75, 3.05) is 31.5 Å². The molecule has 21 heavy (non-hydrogen) atoms. The Balaban J connectivity index is 1.60. The van der Waals surface area contributed by atoms with Gasteiger partial charge in [0.05, 0.1) is 19.6 Å². The summed E-state index contributed by atoms with van der Waals surface area (Å²) in [7, 11) is 0. The Labute approximate surface area is 134 Å². The molecule has 0 aliphatic carbocycles. The number of piperidine rings is 1. The van der Waals surface area contributed by atoms with Crippen molar-refractivity contribution in [1.29, 1.82) is 0 Å². The summed E-state index contributed by atoms with van der Waals surface area (Å²) in [6.07, 6.45) is 3.95. The van der Waals surface area contributed by atoms with E-state index in [0.29, 0.717) is 0 Å². The molecule has 4 heteroatoms. The molecule has 3 N–H and O–H groups in total. The molecule has 2 rings (SSSR count). The van der Waals surface area contributed by atoms with Crippen LogP contribution in [0.15, 0.2) is 24.3 Å². The van der Waals surface area contributed by atoms with Crippen LogP contribution in [-0.4, -0.2) is 31.3 Å². The van der Waals surface area contributed by atoms with Crippen LogP contribution in [0.1, 0.15) is 31.7 Å². The van der Waals surface area contributed by atoms with Crippen LogP contribution in [0.2, 0.25) is 0 Å². The van der Waals surface area contributed by atoms with E-state index in [2.05, 4.69) is 36.6 Å². The molecule has 0 amide bonds. The maximum Gasteiger partial charge on any atom is 0.170 e. The second-order valence-electron chi connectivity index (χ2n) is 6.23. The topological polar surface area (TPSA) is 28.5 Å². The normalized spacial score (nSPS) is 21.8. The standard InChI is InChI=1S/C17H27N3S/c1-14-8-12-20(13-9-14)11-5-10-18-17(21)19-16-7-4-3-6-15(16)2/h3-4,6-7,14H,5,8-13H2,1-2H3,(H2,18,19,21)/p+1. The lowest BCUT2D eigenvalue weighted by molar-refractivity contribution is -0.906. The number of likely N-dealkylation sites (tertiary alicyclic amines) is 1. The van der Waals surface area contributed by atoms with Crippen molar-refractivity contribution in [1.82, 2.24) is 5.32 Å². The van der Waals surface area contributed by atoms with Gasteiger partial charge in [-0.25, -0.2) is 0 Å². The summed E-state index contributed by atoms with van der Waals surface area (Å²) in [4.78, 5) is 1.76. The van der Waals surface area contributed by atoms with Crippen molar-refractivity contribution in [3.8, 4) is 0 Å². The van der Waals surface area contributed by atoms with E-state index in [1.165, 1.54) is 44.5 Å². The molecule has 0 atom stereocenters. The highest BCUT2D eigenvalue weighted by atomic mass is 32.1. The van der Waals surface area contributed by atoms with E-state index in [4.69, 9.17) is 12.2 Å². The molecule has 0 radical (unpaired) electrons. The Hall–Kier alpha value is -1.13. The molecule has 1 aromatic carbocycles. The van der Waals surface area contributed by atoms with Gasteiger partial charge in [0.25, 0.3) is 0 Å². The smallest absolute Gasteiger partial charge is 0.170 e. The summed E-state index contributed by atoms with van der Waals surface area (Å²) < 4.78 is 0. The number of para-hydroxylation sites is 1. The SMILES string of the molecule is Cc1ccccc1NC(=S)NCCC[NH+]1CCC(C)CC1. The average molecular weight is 306 g/mol. The number of rotatable bonds is 5. The molecule has 1 saturated heterocycles. The van der Waals surface area contributed by atoms with Crippen LogP contribution in [0.3, 0.4) is 0 Å². The van der Waals surface area contributed by atoms with Crippen LogP contribution in [0, 0.1) is 12.8 Å². The van der Waals surface area contributed by atoms with E-state index in [9.17, 15) is 0 Å². The minimum absolute atomic E-state index is 0.728. The van der Waals surface area contributed by atoms with Crippen molar-refractivity contribution in [2.45, 2.75) is 33.1 Å². The third kappa shape index (κ3) is 5.64. The molecule has 0 saturated carbocycles. The molecule has 116 valence electrons. The van der Waals surface area contributed by atoms with Crippen LogP contribution in [-0.2, 0) is 0 Å². The predicted octanol–water partition coefficient (Wildman–Crippen LogP) is 1.99. The van der Waals surface area contributed by atoms with Crippen LogP contribution in [0.4, 0.5) is 5.69 Å². The fraction of sp³-hybridized carbons (Fsp3) is 0.588. The van der Waals surface area contributed by atoms with Crippen LogP contribution in [0.25, 0.3) is 0 Å². The predicted molar refractivity (Wildman–Crippen MR) is 94.0 cm³/mol. The number of hydrogen-bond donors (Lipinski definition) is 3. The minimum atomic E-state index is 0.728. The summed E-state index contributed by atoms with van der Waals surface area (Å²) in [5, 5.41) is 7.31. The van der Waals surface area contributed by atoms with E-state index >= 15 is 0 Å². The van der Waals surface area contributed by atoms with E-state index < -0.39 is 0 Å². The number of hydrogen-bond acceptors (Lipinski definition) is 1. The summed E-state index contributed by atoms with van der Waals surface area (Å²) in [6, 6.07) is 8.21. The van der Waals surface area contributed by atoms with Gasteiger partial charge in [0.1, 0.15) is 0 Å². The maximum absolute atomic E-state index is 5.35. The highest BCUT2D eigenvalue weighted by Gasteiger charge is 2.17. The molecule has 1 heterocycles. The Kier molecular flexibility index (Phi) is 6.46. The van der Waals surface area contributed by atoms with Crippen molar-refractivity contribution in [3.63, 3.8) is 0 Å². The number of thiocarbonyl (C=S) groups is 1. The number of anilines is 1. The van der Waals surface area contributed by atoms with Crippen molar-refractivity contribution >= 4 is 23.0 Å². The molecule has 1 fully saturated rings. The van der Waals surface area contributed by atoms with Gasteiger partial charge in [-0.2, -0.15) is 0 Å². The summed E-state index contributed by atoms with van der Waals surface area (Å²) in [6.45, 7) is 9.35. The quantitative estimate of drug-likeness (QED) is 0.574. The first-order valence-electron chi connectivity index (χ1n) is 8.09. The van der Waals surface area contributed by atoms with Gasteiger partial charge in [0.15, 0.2) is 5.11 Å². The lowest BCUT2D eigenvalue weighted by atomic mass is 9.99. The highest BCUT2D eigenvalue weighted by Crippen LogP contribution is 2.12. The first kappa shape index (κ1) is 16.2. The summed E-state index contributed by atoms with van der Waals surface area (Å²) >= 11 is 5.35.